The van der Waals surface area contributed by atoms with Crippen LogP contribution in [0.1, 0.15) is 35.3 Å². The fourth-order valence-corrected chi connectivity index (χ4v) is 4.75. The number of nitrogens with zero attached hydrogens (tertiary/aromatic N) is 4. The number of benzene rings is 2. The minimum Gasteiger partial charge on any atom is -0.355 e. The monoisotopic (exact) mass is 559 g/mol. The number of thiocarbonyl (C=S) groups is 1. The average Bonchev–Trinajstić information content (AvgIpc) is 3.05. The molecule has 1 fully saturated rings. The summed E-state index contributed by atoms with van der Waals surface area (Å²) < 4.78 is 70.2. The average molecular weight is 560 g/mol. The number of amides is 2. The van der Waals surface area contributed by atoms with E-state index in [1.165, 1.54) is 62.3 Å². The molecule has 7 nitrogen and oxygen atoms in total. The number of hydrogen-bond acceptors (Lipinski definition) is 5. The molecule has 1 aliphatic rings. The summed E-state index contributed by atoms with van der Waals surface area (Å²) in [6.07, 6.45) is -3.87. The first-order valence-corrected chi connectivity index (χ1v) is 11.6. The van der Waals surface area contributed by atoms with E-state index in [0.29, 0.717) is 16.2 Å². The topological polar surface area (TPSA) is 89.3 Å². The molecule has 0 aliphatic carbocycles. The summed E-state index contributed by atoms with van der Waals surface area (Å²) in [6.45, 7) is 2.91. The Kier molecular flexibility index (Phi) is 6.86. The Morgan fingerprint density at radius 2 is 1.82 bits per heavy atom. The summed E-state index contributed by atoms with van der Waals surface area (Å²) in [4.78, 5) is 31.3. The zero-order valence-electron chi connectivity index (χ0n) is 20.5. The van der Waals surface area contributed by atoms with Gasteiger partial charge in [0, 0.05) is 12.6 Å². The molecule has 0 radical (unpaired) electrons. The smallest absolute Gasteiger partial charge is 0.355 e. The number of halogens is 5. The summed E-state index contributed by atoms with van der Waals surface area (Å²) in [7, 11) is 1.37. The number of carbonyl (C=O) groups excluding carboxylic acids is 2. The van der Waals surface area contributed by atoms with Gasteiger partial charge in [0.05, 0.1) is 40.5 Å². The number of carbonyl (C=O) groups is 2. The summed E-state index contributed by atoms with van der Waals surface area (Å²) >= 11 is 5.41. The van der Waals surface area contributed by atoms with Crippen LogP contribution in [0.4, 0.5) is 33.3 Å². The van der Waals surface area contributed by atoms with E-state index in [0.717, 1.165) is 18.2 Å². The molecule has 1 aliphatic heterocycles. The van der Waals surface area contributed by atoms with E-state index in [-0.39, 0.29) is 16.4 Å². The lowest BCUT2D eigenvalue weighted by Crippen LogP contribution is -2.44. The molecule has 4 rings (SSSR count). The fourth-order valence-electron chi connectivity index (χ4n) is 4.23. The SMILES string of the molecule is CNC(=O)c1ccc(-c2ccc(N3C(=S)N(c4ccc(C#N)c(C(F)(F)F)c4F)C(=O)C3(C)C)cn2)cc1F. The summed E-state index contributed by atoms with van der Waals surface area (Å²) in [5.74, 6) is -3.96. The summed E-state index contributed by atoms with van der Waals surface area (Å²) in [5, 5.41) is 11.1. The normalized spacial score (nSPS) is 14.9. The highest BCUT2D eigenvalue weighted by atomic mass is 32.1. The third-order valence-corrected chi connectivity index (χ3v) is 6.54. The maximum Gasteiger partial charge on any atom is 0.420 e. The van der Waals surface area contributed by atoms with E-state index in [2.05, 4.69) is 10.3 Å². The highest BCUT2D eigenvalue weighted by molar-refractivity contribution is 7.81. The predicted octanol–water partition coefficient (Wildman–Crippen LogP) is 5.19. The lowest BCUT2D eigenvalue weighted by molar-refractivity contribution is -0.140. The Labute approximate surface area is 224 Å². The van der Waals surface area contributed by atoms with Crippen molar-refractivity contribution in [3.8, 4) is 17.3 Å². The molecule has 0 unspecified atom stereocenters. The third kappa shape index (κ3) is 4.57. The molecule has 200 valence electrons. The van der Waals surface area contributed by atoms with E-state index < -0.39 is 52.0 Å². The van der Waals surface area contributed by atoms with Crippen molar-refractivity contribution >= 4 is 40.5 Å². The van der Waals surface area contributed by atoms with E-state index in [1.807, 2.05) is 0 Å². The number of hydrogen-bond donors (Lipinski definition) is 1. The van der Waals surface area contributed by atoms with Crippen LogP contribution in [0.15, 0.2) is 48.7 Å². The first-order chi connectivity index (χ1) is 18.2. The molecule has 2 aromatic carbocycles. The quantitative estimate of drug-likeness (QED) is 0.350. The number of anilines is 2. The van der Waals surface area contributed by atoms with Crippen LogP contribution in [0.3, 0.4) is 0 Å². The van der Waals surface area contributed by atoms with Gasteiger partial charge in [-0.05, 0) is 62.5 Å². The molecule has 0 spiro atoms. The van der Waals surface area contributed by atoms with Gasteiger partial charge in [0.25, 0.3) is 11.8 Å². The largest absolute Gasteiger partial charge is 0.420 e. The molecule has 1 N–H and O–H groups in total. The molecular formula is C26H18F5N5O2S. The maximum atomic E-state index is 15.2. The first-order valence-electron chi connectivity index (χ1n) is 11.2. The number of pyridine rings is 1. The van der Waals surface area contributed by atoms with Crippen LogP contribution in [0.5, 0.6) is 0 Å². The van der Waals surface area contributed by atoms with Gasteiger partial charge in [-0.25, -0.2) is 8.78 Å². The number of rotatable bonds is 4. The lowest BCUT2D eigenvalue weighted by atomic mass is 10.0. The first kappa shape index (κ1) is 27.6. The highest BCUT2D eigenvalue weighted by Gasteiger charge is 2.52. The number of nitriles is 1. The Balaban J connectivity index is 1.72. The molecule has 2 amide bonds. The Morgan fingerprint density at radius 3 is 2.36 bits per heavy atom. The van der Waals surface area contributed by atoms with Crippen molar-refractivity contribution in [3.63, 3.8) is 0 Å². The van der Waals surface area contributed by atoms with Crippen molar-refractivity contribution in [2.24, 2.45) is 0 Å². The predicted molar refractivity (Wildman–Crippen MR) is 136 cm³/mol. The lowest BCUT2D eigenvalue weighted by Gasteiger charge is -2.29. The van der Waals surface area contributed by atoms with Gasteiger partial charge in [-0.1, -0.05) is 6.07 Å². The van der Waals surface area contributed by atoms with Crippen molar-refractivity contribution in [1.82, 2.24) is 10.3 Å². The van der Waals surface area contributed by atoms with Crippen LogP contribution in [0.2, 0.25) is 0 Å². The molecular weight excluding hydrogens is 541 g/mol. The van der Waals surface area contributed by atoms with Crippen LogP contribution in [-0.4, -0.2) is 34.5 Å². The second-order valence-electron chi connectivity index (χ2n) is 8.92. The maximum absolute atomic E-state index is 15.2. The van der Waals surface area contributed by atoms with Gasteiger partial charge in [-0.3, -0.25) is 19.5 Å². The van der Waals surface area contributed by atoms with Gasteiger partial charge in [0.1, 0.15) is 16.9 Å². The van der Waals surface area contributed by atoms with Crippen LogP contribution in [0.25, 0.3) is 11.3 Å². The van der Waals surface area contributed by atoms with Gasteiger partial charge in [-0.15, -0.1) is 0 Å². The number of aromatic nitrogens is 1. The number of alkyl halides is 3. The van der Waals surface area contributed by atoms with E-state index in [9.17, 15) is 27.2 Å². The second-order valence-corrected chi connectivity index (χ2v) is 9.29. The van der Waals surface area contributed by atoms with Crippen LogP contribution < -0.4 is 15.1 Å². The summed E-state index contributed by atoms with van der Waals surface area (Å²) in [6, 6.07) is 9.92. The molecule has 1 saturated heterocycles. The minimum absolute atomic E-state index is 0.149. The van der Waals surface area contributed by atoms with Gasteiger partial charge >= 0.3 is 6.18 Å². The van der Waals surface area contributed by atoms with Crippen molar-refractivity contribution in [1.29, 1.82) is 5.26 Å². The van der Waals surface area contributed by atoms with Crippen molar-refractivity contribution in [2.45, 2.75) is 25.6 Å². The third-order valence-electron chi connectivity index (χ3n) is 6.18. The van der Waals surface area contributed by atoms with Gasteiger partial charge in [-0.2, -0.15) is 18.4 Å². The van der Waals surface area contributed by atoms with Crippen molar-refractivity contribution in [3.05, 3.63) is 77.0 Å². The van der Waals surface area contributed by atoms with Crippen LogP contribution in [0, 0.1) is 23.0 Å². The molecule has 0 atom stereocenters. The Bertz CT molecular complexity index is 1560. The van der Waals surface area contributed by atoms with E-state index in [4.69, 9.17) is 17.5 Å². The van der Waals surface area contributed by atoms with Crippen molar-refractivity contribution < 1.29 is 31.5 Å². The van der Waals surface area contributed by atoms with E-state index >= 15 is 4.39 Å². The van der Waals surface area contributed by atoms with Crippen molar-refractivity contribution in [2.75, 3.05) is 16.8 Å². The van der Waals surface area contributed by atoms with Crippen LogP contribution in [-0.2, 0) is 11.0 Å². The molecule has 39 heavy (non-hydrogen) atoms. The molecule has 13 heteroatoms. The molecule has 1 aromatic heterocycles. The molecule has 2 heterocycles. The Morgan fingerprint density at radius 1 is 1.13 bits per heavy atom. The summed E-state index contributed by atoms with van der Waals surface area (Å²) in [5.41, 5.74) is -4.15. The van der Waals surface area contributed by atoms with Gasteiger partial charge in [0.2, 0.25) is 0 Å². The standard InChI is InChI=1S/C26H18F5N5O2S/c1-25(2)23(38)35(19-9-5-14(11-32)20(21(19)28)26(29,30)31)24(39)36(25)15-6-8-18(34-12-15)13-4-7-16(17(27)10-13)22(37)33-3/h4-10,12H,1-3H3,(H,33,37). The fraction of sp³-hybridized carbons (Fsp3) is 0.192. The molecule has 3 aromatic rings. The zero-order chi connectivity index (χ0) is 28.9. The number of nitrogens with one attached hydrogen (secondary N) is 1. The minimum atomic E-state index is -5.19. The zero-order valence-corrected chi connectivity index (χ0v) is 21.3. The van der Waals surface area contributed by atoms with Gasteiger partial charge in [0.15, 0.2) is 10.9 Å². The molecule has 0 bridgehead atoms. The Hall–Kier alpha value is -4.44. The van der Waals surface area contributed by atoms with E-state index in [1.54, 1.807) is 0 Å². The van der Waals surface area contributed by atoms with Crippen LogP contribution >= 0.6 is 12.2 Å². The second kappa shape index (κ2) is 9.70. The van der Waals surface area contributed by atoms with Gasteiger partial charge < -0.3 is 10.2 Å². The molecule has 0 saturated carbocycles. The highest BCUT2D eigenvalue weighted by Crippen LogP contribution is 2.42.